The molecule has 8 heteroatoms. The first-order chi connectivity index (χ1) is 8.26. The van der Waals surface area contributed by atoms with Crippen LogP contribution in [0.5, 0.6) is 0 Å². The van der Waals surface area contributed by atoms with Gasteiger partial charge >= 0.3 is 0 Å². The summed E-state index contributed by atoms with van der Waals surface area (Å²) in [6.07, 6.45) is 0. The Morgan fingerprint density at radius 2 is 2.17 bits per heavy atom. The van der Waals surface area contributed by atoms with Gasteiger partial charge < -0.3 is 10.0 Å². The van der Waals surface area contributed by atoms with E-state index < -0.39 is 10.0 Å². The lowest BCUT2D eigenvalue weighted by Gasteiger charge is -2.18. The van der Waals surface area contributed by atoms with E-state index in [0.29, 0.717) is 15.2 Å². The lowest BCUT2D eigenvalue weighted by atomic mass is 10.3. The molecule has 0 spiro atoms. The Morgan fingerprint density at radius 1 is 1.56 bits per heavy atom. The number of halogens is 1. The summed E-state index contributed by atoms with van der Waals surface area (Å²) in [6, 6.07) is 1.30. The Kier molecular flexibility index (Phi) is 5.75. The summed E-state index contributed by atoms with van der Waals surface area (Å²) in [7, 11) is 0.219. The van der Waals surface area contributed by atoms with Crippen LogP contribution in [0.1, 0.15) is 11.8 Å². The first kappa shape index (κ1) is 16.1. The van der Waals surface area contributed by atoms with E-state index in [-0.39, 0.29) is 17.5 Å². The zero-order chi connectivity index (χ0) is 13.9. The van der Waals surface area contributed by atoms with Crippen molar-refractivity contribution in [3.8, 4) is 0 Å². The number of aliphatic hydroxyl groups is 1. The van der Waals surface area contributed by atoms with Crippen molar-refractivity contribution in [1.82, 2.24) is 9.62 Å². The molecule has 1 unspecified atom stereocenters. The highest BCUT2D eigenvalue weighted by Crippen LogP contribution is 2.31. The van der Waals surface area contributed by atoms with Crippen molar-refractivity contribution in [1.29, 1.82) is 0 Å². The summed E-state index contributed by atoms with van der Waals surface area (Å²) in [5.41, 5.74) is 0. The van der Waals surface area contributed by atoms with Crippen LogP contribution in [-0.4, -0.2) is 45.1 Å². The molecule has 1 aromatic heterocycles. The van der Waals surface area contributed by atoms with E-state index in [1.165, 1.54) is 17.4 Å². The molecule has 0 bridgehead atoms. The molecule has 0 saturated carbocycles. The summed E-state index contributed by atoms with van der Waals surface area (Å²) in [6.45, 7) is 2.27. The van der Waals surface area contributed by atoms with Gasteiger partial charge in [-0.3, -0.25) is 0 Å². The minimum absolute atomic E-state index is 0.161. The van der Waals surface area contributed by atoms with Crippen molar-refractivity contribution in [3.05, 3.63) is 14.7 Å². The van der Waals surface area contributed by atoms with Crippen molar-refractivity contribution in [2.75, 3.05) is 20.6 Å². The Morgan fingerprint density at radius 3 is 2.61 bits per heavy atom. The fourth-order valence-electron chi connectivity index (χ4n) is 1.57. The maximum Gasteiger partial charge on any atom is 0.242 e. The summed E-state index contributed by atoms with van der Waals surface area (Å²) < 4.78 is 27.4. The highest BCUT2D eigenvalue weighted by Gasteiger charge is 2.22. The normalized spacial score (nSPS) is 14.1. The number of hydrogen-bond donors (Lipinski definition) is 2. The molecule has 0 aromatic carbocycles. The third kappa shape index (κ3) is 4.29. The highest BCUT2D eigenvalue weighted by molar-refractivity contribution is 9.11. The van der Waals surface area contributed by atoms with Crippen LogP contribution in [0.15, 0.2) is 14.7 Å². The molecule has 0 fully saturated rings. The number of hydrogen-bond acceptors (Lipinski definition) is 5. The van der Waals surface area contributed by atoms with Gasteiger partial charge in [0.05, 0.1) is 10.4 Å². The topological polar surface area (TPSA) is 69.6 Å². The lowest BCUT2D eigenvalue weighted by Crippen LogP contribution is -2.39. The Hall–Kier alpha value is 0.01000. The average molecular weight is 357 g/mol. The molecule has 0 amide bonds. The Labute approximate surface area is 120 Å². The predicted octanol–water partition coefficient (Wildman–Crippen LogP) is 1.23. The van der Waals surface area contributed by atoms with Crippen molar-refractivity contribution >= 4 is 37.3 Å². The van der Waals surface area contributed by atoms with E-state index in [0.717, 1.165) is 0 Å². The smallest absolute Gasteiger partial charge is 0.242 e. The molecule has 0 aliphatic rings. The maximum atomic E-state index is 12.1. The fourth-order valence-corrected chi connectivity index (χ4v) is 5.35. The van der Waals surface area contributed by atoms with Crippen LogP contribution in [0.25, 0.3) is 0 Å². The van der Waals surface area contributed by atoms with Gasteiger partial charge in [0.1, 0.15) is 4.90 Å². The molecule has 5 nitrogen and oxygen atoms in total. The van der Waals surface area contributed by atoms with Crippen LogP contribution in [0.4, 0.5) is 0 Å². The van der Waals surface area contributed by atoms with Gasteiger partial charge in [-0.15, -0.1) is 11.3 Å². The molecular weight excluding hydrogens is 340 g/mol. The van der Waals surface area contributed by atoms with Gasteiger partial charge in [0.15, 0.2) is 0 Å². The molecule has 1 heterocycles. The molecule has 0 aliphatic heterocycles. The van der Waals surface area contributed by atoms with Crippen molar-refractivity contribution in [2.24, 2.45) is 0 Å². The Bertz CT molecular complexity index is 499. The van der Waals surface area contributed by atoms with E-state index in [1.54, 1.807) is 0 Å². The second-order valence-corrected chi connectivity index (χ2v) is 8.43. The minimum Gasteiger partial charge on any atom is -0.391 e. The minimum atomic E-state index is -3.55. The molecule has 104 valence electrons. The second kappa shape index (κ2) is 6.44. The monoisotopic (exact) mass is 356 g/mol. The average Bonchev–Trinajstić information content (AvgIpc) is 2.58. The van der Waals surface area contributed by atoms with E-state index in [1.807, 2.05) is 25.9 Å². The van der Waals surface area contributed by atoms with Crippen molar-refractivity contribution in [2.45, 2.75) is 24.5 Å². The number of rotatable bonds is 6. The molecule has 0 saturated heterocycles. The van der Waals surface area contributed by atoms with Crippen LogP contribution >= 0.6 is 27.3 Å². The number of nitrogens with one attached hydrogen (secondary N) is 1. The molecular formula is C10H17BrN2O3S2. The molecule has 1 rings (SSSR count). The highest BCUT2D eigenvalue weighted by atomic mass is 79.9. The lowest BCUT2D eigenvalue weighted by molar-refractivity contribution is 0.285. The SMILES string of the molecule is CC(CN(C)C)NS(=O)(=O)c1cc(CO)sc1Br. The van der Waals surface area contributed by atoms with Gasteiger partial charge in [-0.25, -0.2) is 13.1 Å². The number of sulfonamides is 1. The summed E-state index contributed by atoms with van der Waals surface area (Å²) in [5.74, 6) is 0. The molecule has 1 aromatic rings. The number of aliphatic hydroxyl groups excluding tert-OH is 1. The van der Waals surface area contributed by atoms with Crippen LogP contribution in [-0.2, 0) is 16.6 Å². The van der Waals surface area contributed by atoms with E-state index in [2.05, 4.69) is 20.7 Å². The molecule has 18 heavy (non-hydrogen) atoms. The molecule has 0 radical (unpaired) electrons. The summed E-state index contributed by atoms with van der Waals surface area (Å²) in [4.78, 5) is 2.71. The maximum absolute atomic E-state index is 12.1. The molecule has 1 atom stereocenters. The van der Waals surface area contributed by atoms with Crippen molar-refractivity contribution < 1.29 is 13.5 Å². The zero-order valence-corrected chi connectivity index (χ0v) is 13.7. The molecule has 2 N–H and O–H groups in total. The summed E-state index contributed by atoms with van der Waals surface area (Å²) >= 11 is 4.43. The van der Waals surface area contributed by atoms with E-state index in [9.17, 15) is 8.42 Å². The number of thiophene rings is 1. The van der Waals surface area contributed by atoms with Gasteiger partial charge in [-0.05, 0) is 43.0 Å². The third-order valence-corrected chi connectivity index (χ3v) is 5.97. The number of nitrogens with zero attached hydrogens (tertiary/aromatic N) is 1. The first-order valence-corrected chi connectivity index (χ1v) is 8.41. The van der Waals surface area contributed by atoms with Crippen LogP contribution in [0.3, 0.4) is 0 Å². The van der Waals surface area contributed by atoms with Crippen LogP contribution < -0.4 is 4.72 Å². The van der Waals surface area contributed by atoms with Crippen molar-refractivity contribution in [3.63, 3.8) is 0 Å². The quantitative estimate of drug-likeness (QED) is 0.804. The number of likely N-dealkylation sites (N-methyl/N-ethyl adjacent to an activating group) is 1. The third-order valence-electron chi connectivity index (χ3n) is 2.15. The standard InChI is InChI=1S/C10H17BrN2O3S2/c1-7(5-13(2)3)12-18(15,16)9-4-8(6-14)17-10(9)11/h4,7,12,14H,5-6H2,1-3H3. The summed E-state index contributed by atoms with van der Waals surface area (Å²) in [5, 5.41) is 9.01. The predicted molar refractivity (Wildman–Crippen MR) is 76.3 cm³/mol. The van der Waals surface area contributed by atoms with Gasteiger partial charge in [0.2, 0.25) is 10.0 Å². The van der Waals surface area contributed by atoms with Gasteiger partial charge in [-0.1, -0.05) is 0 Å². The van der Waals surface area contributed by atoms with Crippen LogP contribution in [0, 0.1) is 0 Å². The zero-order valence-electron chi connectivity index (χ0n) is 10.5. The second-order valence-electron chi connectivity index (χ2n) is 4.29. The van der Waals surface area contributed by atoms with Crippen LogP contribution in [0.2, 0.25) is 0 Å². The largest absolute Gasteiger partial charge is 0.391 e. The molecule has 0 aliphatic carbocycles. The van der Waals surface area contributed by atoms with E-state index in [4.69, 9.17) is 5.11 Å². The van der Waals surface area contributed by atoms with Gasteiger partial charge in [0.25, 0.3) is 0 Å². The fraction of sp³-hybridized carbons (Fsp3) is 0.600. The first-order valence-electron chi connectivity index (χ1n) is 5.32. The van der Waals surface area contributed by atoms with Gasteiger partial charge in [-0.2, -0.15) is 0 Å². The van der Waals surface area contributed by atoms with Gasteiger partial charge in [0, 0.05) is 17.5 Å². The van der Waals surface area contributed by atoms with E-state index >= 15 is 0 Å². The Balaban J connectivity index is 2.89.